The van der Waals surface area contributed by atoms with Gasteiger partial charge in [0.25, 0.3) is 5.91 Å². The normalized spacial score (nSPS) is 22.6. The molecule has 36 heavy (non-hydrogen) atoms. The molecule has 0 bridgehead atoms. The van der Waals surface area contributed by atoms with Crippen LogP contribution in [0.4, 0.5) is 11.4 Å². The smallest absolute Gasteiger partial charge is 0.269 e. The molecule has 0 aromatic heterocycles. The minimum Gasteiger partial charge on any atom is -0.297 e. The van der Waals surface area contributed by atoms with E-state index in [0.717, 1.165) is 54.1 Å². The number of piperazine rings is 1. The topological polar surface area (TPSA) is 47.1 Å². The number of hydrogen-bond donors (Lipinski definition) is 0. The van der Waals surface area contributed by atoms with Gasteiger partial charge in [-0.15, -0.1) is 11.8 Å². The molecule has 6 rings (SSSR count). The number of rotatable bonds is 5. The molecular formula is C28H27BrN4O2S. The first-order valence-corrected chi connectivity index (χ1v) is 14.0. The van der Waals surface area contributed by atoms with Gasteiger partial charge in [-0.05, 0) is 35.9 Å². The molecule has 2 saturated heterocycles. The number of amides is 2. The minimum absolute atomic E-state index is 0.0332. The second kappa shape index (κ2) is 9.67. The van der Waals surface area contributed by atoms with Crippen LogP contribution in [0.15, 0.2) is 83.3 Å². The summed E-state index contributed by atoms with van der Waals surface area (Å²) in [6.07, 6.45) is 0. The van der Waals surface area contributed by atoms with Crippen LogP contribution in [0.1, 0.15) is 11.1 Å². The molecule has 6 nitrogen and oxygen atoms in total. The fourth-order valence-electron chi connectivity index (χ4n) is 5.42. The molecule has 184 valence electrons. The zero-order chi connectivity index (χ0) is 24.7. The summed E-state index contributed by atoms with van der Waals surface area (Å²) in [7, 11) is 0. The highest BCUT2D eigenvalue weighted by Crippen LogP contribution is 2.55. The average molecular weight is 564 g/mol. The third kappa shape index (κ3) is 4.06. The van der Waals surface area contributed by atoms with Crippen LogP contribution in [-0.2, 0) is 21.0 Å². The summed E-state index contributed by atoms with van der Waals surface area (Å²) in [6.45, 7) is 5.19. The molecule has 1 spiro atoms. The van der Waals surface area contributed by atoms with E-state index in [1.165, 1.54) is 17.3 Å². The van der Waals surface area contributed by atoms with Gasteiger partial charge in [0.05, 0.1) is 18.1 Å². The molecule has 3 aromatic carbocycles. The van der Waals surface area contributed by atoms with E-state index in [0.29, 0.717) is 6.67 Å². The van der Waals surface area contributed by atoms with Crippen molar-refractivity contribution in [3.8, 4) is 0 Å². The Morgan fingerprint density at radius 2 is 1.47 bits per heavy atom. The van der Waals surface area contributed by atoms with Crippen LogP contribution in [0.25, 0.3) is 0 Å². The maximum absolute atomic E-state index is 14.2. The zero-order valence-electron chi connectivity index (χ0n) is 19.8. The van der Waals surface area contributed by atoms with Gasteiger partial charge in [-0.2, -0.15) is 0 Å². The second-order valence-electron chi connectivity index (χ2n) is 9.41. The van der Waals surface area contributed by atoms with Gasteiger partial charge in [0.15, 0.2) is 0 Å². The van der Waals surface area contributed by atoms with Crippen molar-refractivity contribution in [1.29, 1.82) is 0 Å². The van der Waals surface area contributed by atoms with E-state index in [2.05, 4.69) is 50.0 Å². The summed E-state index contributed by atoms with van der Waals surface area (Å²) in [5.74, 6) is 0.207. The van der Waals surface area contributed by atoms with Crippen LogP contribution in [0, 0.1) is 0 Å². The Bertz CT molecular complexity index is 1280. The molecule has 3 aromatic rings. The SMILES string of the molecule is O=C1CSC2(C(=O)N(CN3CCN(Cc4ccccc4)CC3)c3ccccc32)N1c1ccc(Br)cc1. The molecule has 3 heterocycles. The van der Waals surface area contributed by atoms with Gasteiger partial charge >= 0.3 is 0 Å². The molecule has 0 N–H and O–H groups in total. The van der Waals surface area contributed by atoms with Crippen LogP contribution in [0.3, 0.4) is 0 Å². The zero-order valence-corrected chi connectivity index (χ0v) is 22.2. The Hall–Kier alpha value is -2.65. The van der Waals surface area contributed by atoms with Gasteiger partial charge in [-0.3, -0.25) is 29.2 Å². The van der Waals surface area contributed by atoms with Crippen LogP contribution < -0.4 is 9.80 Å². The molecule has 0 saturated carbocycles. The lowest BCUT2D eigenvalue weighted by molar-refractivity contribution is -0.124. The van der Waals surface area contributed by atoms with E-state index in [1.54, 1.807) is 4.90 Å². The number of halogens is 1. The maximum Gasteiger partial charge on any atom is 0.269 e. The summed E-state index contributed by atoms with van der Waals surface area (Å²) in [5, 5.41) is 0. The predicted molar refractivity (Wildman–Crippen MR) is 148 cm³/mol. The number of hydrogen-bond acceptors (Lipinski definition) is 5. The third-order valence-electron chi connectivity index (χ3n) is 7.20. The standard InChI is InChI=1S/C28H27BrN4O2S/c29-22-10-12-23(13-11-22)33-26(34)19-36-28(33)24-8-4-5-9-25(24)32(27(28)35)20-31-16-14-30(15-17-31)18-21-6-2-1-3-7-21/h1-13H,14-20H2. The molecular weight excluding hydrogens is 536 g/mol. The van der Waals surface area contributed by atoms with Gasteiger partial charge in [-0.1, -0.05) is 64.5 Å². The molecule has 8 heteroatoms. The predicted octanol–water partition coefficient (Wildman–Crippen LogP) is 4.50. The third-order valence-corrected chi connectivity index (χ3v) is 9.12. The first-order chi connectivity index (χ1) is 17.6. The van der Waals surface area contributed by atoms with Gasteiger partial charge in [0, 0.05) is 48.4 Å². The van der Waals surface area contributed by atoms with Crippen molar-refractivity contribution in [3.63, 3.8) is 0 Å². The van der Waals surface area contributed by atoms with Crippen LogP contribution >= 0.6 is 27.7 Å². The number of carbonyl (C=O) groups is 2. The summed E-state index contributed by atoms with van der Waals surface area (Å²) in [5.41, 5.74) is 3.87. The molecule has 0 radical (unpaired) electrons. The Labute approximate surface area is 224 Å². The number of nitrogens with zero attached hydrogens (tertiary/aromatic N) is 4. The number of para-hydroxylation sites is 1. The second-order valence-corrected chi connectivity index (χ2v) is 11.5. The number of fused-ring (bicyclic) bond motifs is 2. The fraction of sp³-hybridized carbons (Fsp3) is 0.286. The minimum atomic E-state index is -1.06. The van der Waals surface area contributed by atoms with E-state index >= 15 is 0 Å². The molecule has 2 fully saturated rings. The number of anilines is 2. The van der Waals surface area contributed by atoms with Gasteiger partial charge < -0.3 is 0 Å². The summed E-state index contributed by atoms with van der Waals surface area (Å²) in [6, 6.07) is 26.1. The number of thioether (sulfide) groups is 1. The fourth-order valence-corrected chi connectivity index (χ4v) is 7.04. The van der Waals surface area contributed by atoms with Crippen molar-refractivity contribution in [1.82, 2.24) is 9.80 Å². The highest BCUT2D eigenvalue weighted by molar-refractivity contribution is 9.10. The van der Waals surface area contributed by atoms with Gasteiger partial charge in [0.1, 0.15) is 0 Å². The van der Waals surface area contributed by atoms with Crippen molar-refractivity contribution in [2.75, 3.05) is 48.4 Å². The van der Waals surface area contributed by atoms with Gasteiger partial charge in [-0.25, -0.2) is 0 Å². The molecule has 1 atom stereocenters. The van der Waals surface area contributed by atoms with E-state index in [1.807, 2.05) is 59.5 Å². The van der Waals surface area contributed by atoms with Crippen molar-refractivity contribution in [2.24, 2.45) is 0 Å². The molecule has 1 unspecified atom stereocenters. The average Bonchev–Trinajstić information content (AvgIpc) is 3.37. The van der Waals surface area contributed by atoms with Crippen molar-refractivity contribution in [3.05, 3.63) is 94.5 Å². The monoisotopic (exact) mass is 562 g/mol. The Morgan fingerprint density at radius 3 is 2.22 bits per heavy atom. The maximum atomic E-state index is 14.2. The molecule has 2 amide bonds. The summed E-state index contributed by atoms with van der Waals surface area (Å²) in [4.78, 5) is 34.7. The summed E-state index contributed by atoms with van der Waals surface area (Å²) < 4.78 is 0.936. The quantitative estimate of drug-likeness (QED) is 0.458. The Kier molecular flexibility index (Phi) is 6.37. The lowest BCUT2D eigenvalue weighted by Gasteiger charge is -2.37. The molecule has 3 aliphatic rings. The van der Waals surface area contributed by atoms with Crippen LogP contribution in [0.5, 0.6) is 0 Å². The number of benzene rings is 3. The lowest BCUT2D eigenvalue weighted by Crippen LogP contribution is -2.54. The Balaban J connectivity index is 1.24. The van der Waals surface area contributed by atoms with E-state index in [-0.39, 0.29) is 17.6 Å². The van der Waals surface area contributed by atoms with Gasteiger partial charge in [0.2, 0.25) is 10.8 Å². The first kappa shape index (κ1) is 23.7. The first-order valence-electron chi connectivity index (χ1n) is 12.2. The van der Waals surface area contributed by atoms with Crippen molar-refractivity contribution in [2.45, 2.75) is 11.4 Å². The molecule has 3 aliphatic heterocycles. The Morgan fingerprint density at radius 1 is 0.806 bits per heavy atom. The lowest BCUT2D eigenvalue weighted by atomic mass is 10.0. The largest absolute Gasteiger partial charge is 0.297 e. The van der Waals surface area contributed by atoms with E-state index in [4.69, 9.17) is 0 Å². The van der Waals surface area contributed by atoms with Crippen molar-refractivity contribution >= 4 is 50.9 Å². The van der Waals surface area contributed by atoms with Crippen LogP contribution in [-0.4, -0.2) is 60.2 Å². The van der Waals surface area contributed by atoms with E-state index < -0.39 is 4.87 Å². The number of carbonyl (C=O) groups excluding carboxylic acids is 2. The van der Waals surface area contributed by atoms with E-state index in [9.17, 15) is 9.59 Å². The van der Waals surface area contributed by atoms with Crippen molar-refractivity contribution < 1.29 is 9.59 Å². The highest BCUT2D eigenvalue weighted by atomic mass is 79.9. The summed E-state index contributed by atoms with van der Waals surface area (Å²) >= 11 is 4.91. The molecule has 0 aliphatic carbocycles. The van der Waals surface area contributed by atoms with Crippen LogP contribution in [0.2, 0.25) is 0 Å². The highest BCUT2D eigenvalue weighted by Gasteiger charge is 2.61.